The van der Waals surface area contributed by atoms with Gasteiger partial charge in [0.15, 0.2) is 0 Å². The highest BCUT2D eigenvalue weighted by Gasteiger charge is 2.35. The van der Waals surface area contributed by atoms with E-state index in [1.807, 2.05) is 0 Å². The van der Waals surface area contributed by atoms with E-state index < -0.39 is 17.8 Å². The lowest BCUT2D eigenvalue weighted by molar-refractivity contribution is -0.126. The second-order valence-corrected chi connectivity index (χ2v) is 6.60. The van der Waals surface area contributed by atoms with E-state index in [9.17, 15) is 19.1 Å². The van der Waals surface area contributed by atoms with Gasteiger partial charge in [-0.3, -0.25) is 9.59 Å². The molecule has 0 bridgehead atoms. The van der Waals surface area contributed by atoms with Crippen molar-refractivity contribution in [3.05, 3.63) is 64.9 Å². The molecule has 1 saturated heterocycles. The Balaban J connectivity index is 1.59. The first kappa shape index (κ1) is 18.4. The fraction of sp³-hybridized carbons (Fsp3) is 0.263. The number of aliphatic hydroxyl groups is 1. The van der Waals surface area contributed by atoms with Crippen molar-refractivity contribution in [1.29, 1.82) is 0 Å². The van der Waals surface area contributed by atoms with Crippen molar-refractivity contribution in [2.24, 2.45) is 5.92 Å². The zero-order valence-corrected chi connectivity index (χ0v) is 14.6. The lowest BCUT2D eigenvalue weighted by Gasteiger charge is -2.18. The molecule has 0 spiro atoms. The topological polar surface area (TPSA) is 69.6 Å². The van der Waals surface area contributed by atoms with Crippen molar-refractivity contribution in [1.82, 2.24) is 5.32 Å². The molecular weight excluding hydrogens is 359 g/mol. The fourth-order valence-electron chi connectivity index (χ4n) is 2.97. The molecule has 0 aliphatic carbocycles. The van der Waals surface area contributed by atoms with Gasteiger partial charge in [-0.15, -0.1) is 0 Å². The number of benzene rings is 2. The van der Waals surface area contributed by atoms with Crippen LogP contribution in [0.2, 0.25) is 5.02 Å². The predicted octanol–water partition coefficient (Wildman–Crippen LogP) is 2.68. The van der Waals surface area contributed by atoms with Crippen LogP contribution >= 0.6 is 11.6 Å². The largest absolute Gasteiger partial charge is 0.386 e. The van der Waals surface area contributed by atoms with Crippen LogP contribution in [0, 0.1) is 11.7 Å². The highest BCUT2D eigenvalue weighted by Crippen LogP contribution is 2.27. The SMILES string of the molecule is O=C(NC[C@H](O)c1ccccc1F)[C@H]1CC(=O)N(c2cccc(Cl)c2)C1. The van der Waals surface area contributed by atoms with Gasteiger partial charge < -0.3 is 15.3 Å². The minimum atomic E-state index is -1.15. The Kier molecular flexibility index (Phi) is 5.54. The zero-order valence-electron chi connectivity index (χ0n) is 13.9. The van der Waals surface area contributed by atoms with Crippen LogP contribution in [-0.2, 0) is 9.59 Å². The molecule has 1 heterocycles. The maximum absolute atomic E-state index is 13.7. The van der Waals surface area contributed by atoms with Crippen molar-refractivity contribution in [3.63, 3.8) is 0 Å². The Morgan fingerprint density at radius 2 is 2.08 bits per heavy atom. The van der Waals surface area contributed by atoms with E-state index in [1.165, 1.54) is 23.1 Å². The number of nitrogens with zero attached hydrogens (tertiary/aromatic N) is 1. The van der Waals surface area contributed by atoms with Gasteiger partial charge in [-0.05, 0) is 24.3 Å². The highest BCUT2D eigenvalue weighted by atomic mass is 35.5. The van der Waals surface area contributed by atoms with E-state index in [0.717, 1.165) is 0 Å². The summed E-state index contributed by atoms with van der Waals surface area (Å²) < 4.78 is 13.7. The van der Waals surface area contributed by atoms with E-state index >= 15 is 0 Å². The predicted molar refractivity (Wildman–Crippen MR) is 96.3 cm³/mol. The Hall–Kier alpha value is -2.44. The molecule has 2 aromatic carbocycles. The molecule has 2 aromatic rings. The monoisotopic (exact) mass is 376 g/mol. The number of carbonyl (C=O) groups is 2. The van der Waals surface area contributed by atoms with Gasteiger partial charge in [0.25, 0.3) is 0 Å². The zero-order chi connectivity index (χ0) is 18.7. The molecular formula is C19H18ClFN2O3. The van der Waals surface area contributed by atoms with Gasteiger partial charge in [-0.25, -0.2) is 4.39 Å². The van der Waals surface area contributed by atoms with Crippen molar-refractivity contribution in [3.8, 4) is 0 Å². The van der Waals surface area contributed by atoms with E-state index in [0.29, 0.717) is 10.7 Å². The fourth-order valence-corrected chi connectivity index (χ4v) is 3.16. The number of rotatable bonds is 5. The first-order chi connectivity index (χ1) is 12.5. The summed E-state index contributed by atoms with van der Waals surface area (Å²) in [6.07, 6.45) is -1.07. The van der Waals surface area contributed by atoms with Crippen LogP contribution in [-0.4, -0.2) is 30.0 Å². The Morgan fingerprint density at radius 3 is 2.81 bits per heavy atom. The van der Waals surface area contributed by atoms with Crippen molar-refractivity contribution < 1.29 is 19.1 Å². The average molecular weight is 377 g/mol. The second kappa shape index (κ2) is 7.85. The van der Waals surface area contributed by atoms with Gasteiger partial charge in [-0.2, -0.15) is 0 Å². The molecule has 26 heavy (non-hydrogen) atoms. The summed E-state index contributed by atoms with van der Waals surface area (Å²) in [4.78, 5) is 26.1. The van der Waals surface area contributed by atoms with Crippen LogP contribution in [0.3, 0.4) is 0 Å². The summed E-state index contributed by atoms with van der Waals surface area (Å²) in [6, 6.07) is 12.7. The van der Waals surface area contributed by atoms with Gasteiger partial charge in [0.1, 0.15) is 5.82 Å². The normalized spacial score (nSPS) is 18.0. The molecule has 0 unspecified atom stereocenters. The summed E-state index contributed by atoms with van der Waals surface area (Å²) in [5.41, 5.74) is 0.764. The smallest absolute Gasteiger partial charge is 0.227 e. The van der Waals surface area contributed by atoms with E-state index in [-0.39, 0.29) is 36.9 Å². The van der Waals surface area contributed by atoms with Crippen LogP contribution in [0.15, 0.2) is 48.5 Å². The Morgan fingerprint density at radius 1 is 1.31 bits per heavy atom. The van der Waals surface area contributed by atoms with E-state index in [1.54, 1.807) is 30.3 Å². The standard InChI is InChI=1S/C19H18ClFN2O3/c20-13-4-3-5-14(9-13)23-11-12(8-18(23)25)19(26)22-10-17(24)15-6-1-2-7-16(15)21/h1-7,9,12,17,24H,8,10-11H2,(H,22,26)/t12-,17-/m0/s1. The van der Waals surface area contributed by atoms with E-state index in [4.69, 9.17) is 11.6 Å². The number of hydrogen-bond donors (Lipinski definition) is 2. The van der Waals surface area contributed by atoms with Crippen molar-refractivity contribution in [2.75, 3.05) is 18.0 Å². The summed E-state index contributed by atoms with van der Waals surface area (Å²) in [7, 11) is 0. The van der Waals surface area contributed by atoms with Crippen LogP contribution in [0.4, 0.5) is 10.1 Å². The maximum Gasteiger partial charge on any atom is 0.227 e. The summed E-state index contributed by atoms with van der Waals surface area (Å²) >= 11 is 5.95. The quantitative estimate of drug-likeness (QED) is 0.843. The molecule has 0 aromatic heterocycles. The van der Waals surface area contributed by atoms with Crippen molar-refractivity contribution in [2.45, 2.75) is 12.5 Å². The number of nitrogens with one attached hydrogen (secondary N) is 1. The molecule has 1 fully saturated rings. The van der Waals surface area contributed by atoms with Crippen LogP contribution in [0.5, 0.6) is 0 Å². The number of carbonyl (C=O) groups excluding carboxylic acids is 2. The lowest BCUT2D eigenvalue weighted by Crippen LogP contribution is -2.35. The molecule has 1 aliphatic heterocycles. The minimum Gasteiger partial charge on any atom is -0.386 e. The second-order valence-electron chi connectivity index (χ2n) is 6.17. The minimum absolute atomic E-state index is 0.0775. The number of halogens is 2. The first-order valence-electron chi connectivity index (χ1n) is 8.22. The van der Waals surface area contributed by atoms with Gasteiger partial charge in [0.05, 0.1) is 12.0 Å². The summed E-state index contributed by atoms with van der Waals surface area (Å²) in [5, 5.41) is 13.2. The maximum atomic E-state index is 13.7. The van der Waals surface area contributed by atoms with Gasteiger partial charge in [-0.1, -0.05) is 35.9 Å². The Bertz CT molecular complexity index is 830. The molecule has 2 atom stereocenters. The number of anilines is 1. The highest BCUT2D eigenvalue weighted by molar-refractivity contribution is 6.30. The molecule has 0 radical (unpaired) electrons. The third kappa shape index (κ3) is 4.03. The van der Waals surface area contributed by atoms with Gasteiger partial charge in [0.2, 0.25) is 11.8 Å². The third-order valence-electron chi connectivity index (χ3n) is 4.35. The van der Waals surface area contributed by atoms with Gasteiger partial charge in [0, 0.05) is 35.8 Å². The first-order valence-corrected chi connectivity index (χ1v) is 8.59. The van der Waals surface area contributed by atoms with Crippen LogP contribution in [0.25, 0.3) is 0 Å². The third-order valence-corrected chi connectivity index (χ3v) is 4.58. The van der Waals surface area contributed by atoms with E-state index in [2.05, 4.69) is 5.32 Å². The molecule has 5 nitrogen and oxygen atoms in total. The van der Waals surface area contributed by atoms with Gasteiger partial charge >= 0.3 is 0 Å². The summed E-state index contributed by atoms with van der Waals surface area (Å²) in [5.74, 6) is -1.58. The number of aliphatic hydroxyl groups excluding tert-OH is 1. The lowest BCUT2D eigenvalue weighted by atomic mass is 10.1. The van der Waals surface area contributed by atoms with Crippen LogP contribution in [0.1, 0.15) is 18.1 Å². The molecule has 7 heteroatoms. The van der Waals surface area contributed by atoms with Crippen LogP contribution < -0.4 is 10.2 Å². The Labute approximate surface area is 155 Å². The number of amides is 2. The molecule has 0 saturated carbocycles. The molecule has 2 N–H and O–H groups in total. The summed E-state index contributed by atoms with van der Waals surface area (Å²) in [6.45, 7) is 0.114. The number of hydrogen-bond acceptors (Lipinski definition) is 3. The average Bonchev–Trinajstić information content (AvgIpc) is 3.01. The molecule has 2 amide bonds. The molecule has 1 aliphatic rings. The molecule has 3 rings (SSSR count). The van der Waals surface area contributed by atoms with Crippen molar-refractivity contribution >= 4 is 29.1 Å². The molecule has 136 valence electrons.